The molecule has 0 saturated carbocycles. The van der Waals surface area contributed by atoms with Gasteiger partial charge in [0.15, 0.2) is 0 Å². The Morgan fingerprint density at radius 3 is 2.68 bits per heavy atom. The molecule has 5 nitrogen and oxygen atoms in total. The van der Waals surface area contributed by atoms with Crippen molar-refractivity contribution in [2.45, 2.75) is 0 Å². The zero-order valence-corrected chi connectivity index (χ0v) is 12.4. The molecule has 0 radical (unpaired) electrons. The summed E-state index contributed by atoms with van der Waals surface area (Å²) in [5.41, 5.74) is 0.177. The molecule has 0 amide bonds. The topological polar surface area (TPSA) is 68.1 Å². The fourth-order valence-electron chi connectivity index (χ4n) is 1.37. The van der Waals surface area contributed by atoms with Crippen molar-refractivity contribution < 1.29 is 9.31 Å². The molecule has 0 fully saturated rings. The zero-order chi connectivity index (χ0) is 14.0. The Kier molecular flexibility index (Phi) is 4.11. The van der Waals surface area contributed by atoms with E-state index in [4.69, 9.17) is 0 Å². The molecule has 2 aromatic rings. The molecule has 8 heteroatoms. The van der Waals surface area contributed by atoms with Crippen LogP contribution in [-0.2, 0) is 0 Å². The monoisotopic (exact) mass is 389 g/mol. The second-order valence-corrected chi connectivity index (χ2v) is 5.30. The Bertz CT molecular complexity index is 652. The SMILES string of the molecule is O=[N+]([O-])c1cc(Br)cnc1Nc1ccc(Br)c(F)c1. The van der Waals surface area contributed by atoms with Gasteiger partial charge in [0.05, 0.1) is 9.40 Å². The van der Waals surface area contributed by atoms with E-state index in [9.17, 15) is 14.5 Å². The predicted octanol–water partition coefficient (Wildman–Crippen LogP) is 4.40. The van der Waals surface area contributed by atoms with E-state index in [1.807, 2.05) is 0 Å². The summed E-state index contributed by atoms with van der Waals surface area (Å²) in [5, 5.41) is 13.6. The molecule has 0 spiro atoms. The Morgan fingerprint density at radius 1 is 1.32 bits per heavy atom. The third-order valence-electron chi connectivity index (χ3n) is 2.21. The molecule has 1 heterocycles. The van der Waals surface area contributed by atoms with Crippen LogP contribution in [-0.4, -0.2) is 9.91 Å². The van der Waals surface area contributed by atoms with E-state index in [1.165, 1.54) is 24.4 Å². The van der Waals surface area contributed by atoms with Crippen LogP contribution in [0.4, 0.5) is 21.6 Å². The lowest BCUT2D eigenvalue weighted by atomic mass is 10.3. The molecule has 1 N–H and O–H groups in total. The summed E-state index contributed by atoms with van der Waals surface area (Å²) >= 11 is 6.14. The van der Waals surface area contributed by atoms with Gasteiger partial charge in [0, 0.05) is 22.4 Å². The van der Waals surface area contributed by atoms with Crippen molar-refractivity contribution in [3.63, 3.8) is 0 Å². The fourth-order valence-corrected chi connectivity index (χ4v) is 1.94. The second-order valence-electron chi connectivity index (χ2n) is 3.53. The van der Waals surface area contributed by atoms with Crippen molar-refractivity contribution in [2.75, 3.05) is 5.32 Å². The Hall–Kier alpha value is -1.54. The Labute approximate surface area is 124 Å². The molecule has 0 aliphatic carbocycles. The zero-order valence-electron chi connectivity index (χ0n) is 9.23. The second kappa shape index (κ2) is 5.62. The average molecular weight is 391 g/mol. The van der Waals surface area contributed by atoms with Crippen LogP contribution in [0, 0.1) is 15.9 Å². The molecule has 0 aliphatic rings. The number of nitrogens with zero attached hydrogens (tertiary/aromatic N) is 2. The van der Waals surface area contributed by atoms with Gasteiger partial charge in [0.1, 0.15) is 5.82 Å². The van der Waals surface area contributed by atoms with E-state index >= 15 is 0 Å². The summed E-state index contributed by atoms with van der Waals surface area (Å²) in [6.07, 6.45) is 1.42. The molecular weight excluding hydrogens is 385 g/mol. The highest BCUT2D eigenvalue weighted by atomic mass is 79.9. The number of nitrogens with one attached hydrogen (secondary N) is 1. The first-order chi connectivity index (χ1) is 8.97. The lowest BCUT2D eigenvalue weighted by Crippen LogP contribution is -2.00. The third kappa shape index (κ3) is 3.27. The minimum absolute atomic E-state index is 0.0509. The van der Waals surface area contributed by atoms with Crippen molar-refractivity contribution in [1.82, 2.24) is 4.98 Å². The maximum atomic E-state index is 13.4. The third-order valence-corrected chi connectivity index (χ3v) is 3.29. The number of hydrogen-bond acceptors (Lipinski definition) is 4. The maximum absolute atomic E-state index is 13.4. The molecule has 0 aliphatic heterocycles. The normalized spacial score (nSPS) is 10.3. The van der Waals surface area contributed by atoms with Gasteiger partial charge in [0.25, 0.3) is 0 Å². The van der Waals surface area contributed by atoms with Gasteiger partial charge in [-0.3, -0.25) is 10.1 Å². The number of pyridine rings is 1. The van der Waals surface area contributed by atoms with Crippen LogP contribution < -0.4 is 5.32 Å². The molecular formula is C11H6Br2FN3O2. The van der Waals surface area contributed by atoms with Gasteiger partial charge in [-0.2, -0.15) is 0 Å². The first kappa shape index (κ1) is 13.9. The number of benzene rings is 1. The van der Waals surface area contributed by atoms with Crippen LogP contribution in [0.15, 0.2) is 39.4 Å². The number of aromatic nitrogens is 1. The number of rotatable bonds is 3. The molecule has 19 heavy (non-hydrogen) atoms. The van der Waals surface area contributed by atoms with Crippen molar-refractivity contribution in [2.24, 2.45) is 0 Å². The summed E-state index contributed by atoms with van der Waals surface area (Å²) < 4.78 is 14.2. The van der Waals surface area contributed by atoms with Crippen LogP contribution in [0.1, 0.15) is 0 Å². The molecule has 0 unspecified atom stereocenters. The number of nitro groups is 1. The minimum Gasteiger partial charge on any atom is -0.334 e. The van der Waals surface area contributed by atoms with E-state index in [1.54, 1.807) is 6.07 Å². The van der Waals surface area contributed by atoms with Crippen molar-refractivity contribution in [3.8, 4) is 0 Å². The van der Waals surface area contributed by atoms with Crippen LogP contribution in [0.25, 0.3) is 0 Å². The number of hydrogen-bond donors (Lipinski definition) is 1. The van der Waals surface area contributed by atoms with Crippen LogP contribution in [0.5, 0.6) is 0 Å². The lowest BCUT2D eigenvalue weighted by molar-refractivity contribution is -0.384. The molecule has 0 saturated heterocycles. The maximum Gasteiger partial charge on any atom is 0.312 e. The van der Waals surface area contributed by atoms with E-state index in [2.05, 4.69) is 42.2 Å². The van der Waals surface area contributed by atoms with Gasteiger partial charge in [-0.05, 0) is 50.1 Å². The highest BCUT2D eigenvalue weighted by Gasteiger charge is 2.16. The average Bonchev–Trinajstić information content (AvgIpc) is 2.36. The Balaban J connectivity index is 2.37. The van der Waals surface area contributed by atoms with Crippen molar-refractivity contribution in [1.29, 1.82) is 0 Å². The smallest absolute Gasteiger partial charge is 0.312 e. The van der Waals surface area contributed by atoms with Gasteiger partial charge in [0.2, 0.25) is 5.82 Å². The van der Waals surface area contributed by atoms with Gasteiger partial charge in [-0.25, -0.2) is 9.37 Å². The van der Waals surface area contributed by atoms with E-state index in [0.29, 0.717) is 14.6 Å². The molecule has 0 bridgehead atoms. The highest BCUT2D eigenvalue weighted by Crippen LogP contribution is 2.29. The molecule has 1 aromatic carbocycles. The van der Waals surface area contributed by atoms with Crippen molar-refractivity contribution in [3.05, 3.63) is 55.3 Å². The van der Waals surface area contributed by atoms with E-state index in [-0.39, 0.29) is 11.5 Å². The molecule has 98 valence electrons. The van der Waals surface area contributed by atoms with Gasteiger partial charge in [-0.15, -0.1) is 0 Å². The van der Waals surface area contributed by atoms with Crippen LogP contribution >= 0.6 is 31.9 Å². The Morgan fingerprint density at radius 2 is 2.05 bits per heavy atom. The van der Waals surface area contributed by atoms with Crippen LogP contribution in [0.2, 0.25) is 0 Å². The summed E-state index contributed by atoms with van der Waals surface area (Å²) in [4.78, 5) is 14.3. The standard InChI is InChI=1S/C11H6Br2FN3O2/c12-6-3-10(17(18)19)11(15-5-6)16-7-1-2-8(13)9(14)4-7/h1-5H,(H,15,16). The predicted molar refractivity (Wildman–Crippen MR) is 76.0 cm³/mol. The molecule has 2 rings (SSSR count). The van der Waals surface area contributed by atoms with Gasteiger partial charge < -0.3 is 5.32 Å². The summed E-state index contributed by atoms with van der Waals surface area (Å²) in [7, 11) is 0. The summed E-state index contributed by atoms with van der Waals surface area (Å²) in [6, 6.07) is 5.63. The number of halogens is 3. The van der Waals surface area contributed by atoms with Gasteiger partial charge >= 0.3 is 5.69 Å². The number of anilines is 2. The van der Waals surface area contributed by atoms with Crippen LogP contribution in [0.3, 0.4) is 0 Å². The highest BCUT2D eigenvalue weighted by molar-refractivity contribution is 9.10. The van der Waals surface area contributed by atoms with E-state index in [0.717, 1.165) is 0 Å². The molecule has 0 atom stereocenters. The molecule has 1 aromatic heterocycles. The lowest BCUT2D eigenvalue weighted by Gasteiger charge is -2.07. The summed E-state index contributed by atoms with van der Waals surface area (Å²) in [5.74, 6) is -0.417. The van der Waals surface area contributed by atoms with Gasteiger partial charge in [-0.1, -0.05) is 0 Å². The fraction of sp³-hybridized carbons (Fsp3) is 0. The summed E-state index contributed by atoms with van der Waals surface area (Å²) in [6.45, 7) is 0. The van der Waals surface area contributed by atoms with E-state index < -0.39 is 10.7 Å². The first-order valence-electron chi connectivity index (χ1n) is 4.99. The quantitative estimate of drug-likeness (QED) is 0.623. The van der Waals surface area contributed by atoms with Crippen molar-refractivity contribution >= 4 is 49.1 Å². The minimum atomic E-state index is -0.560. The first-order valence-corrected chi connectivity index (χ1v) is 6.58. The largest absolute Gasteiger partial charge is 0.334 e.